The molecule has 30 heavy (non-hydrogen) atoms. The first-order valence-electron chi connectivity index (χ1n) is 10.0. The molecule has 0 fully saturated rings. The van der Waals surface area contributed by atoms with E-state index in [4.69, 9.17) is 4.74 Å². The highest BCUT2D eigenvalue weighted by molar-refractivity contribution is 5.97. The maximum atomic E-state index is 13.5. The number of aryl methyl sites for hydroxylation is 1. The summed E-state index contributed by atoms with van der Waals surface area (Å²) in [6.07, 6.45) is -0.738. The lowest BCUT2D eigenvalue weighted by Gasteiger charge is -2.32. The van der Waals surface area contributed by atoms with Gasteiger partial charge in [-0.05, 0) is 37.6 Å². The van der Waals surface area contributed by atoms with E-state index in [2.05, 4.69) is 5.32 Å². The van der Waals surface area contributed by atoms with Crippen LogP contribution in [0.4, 0.5) is 5.69 Å². The van der Waals surface area contributed by atoms with Crippen LogP contribution in [0.25, 0.3) is 0 Å². The zero-order valence-corrected chi connectivity index (χ0v) is 17.0. The van der Waals surface area contributed by atoms with Crippen LogP contribution in [0, 0.1) is 6.92 Å². The molecule has 0 aromatic heterocycles. The van der Waals surface area contributed by atoms with Crippen molar-refractivity contribution in [3.8, 4) is 5.75 Å². The molecule has 2 amide bonds. The Balaban J connectivity index is 1.75. The third-order valence-corrected chi connectivity index (χ3v) is 5.20. The number of fused-ring (bicyclic) bond motifs is 1. The van der Waals surface area contributed by atoms with Crippen molar-refractivity contribution >= 4 is 17.5 Å². The second kappa shape index (κ2) is 8.41. The number of hydrogen-bond donors (Lipinski definition) is 1. The average Bonchev–Trinajstić information content (AvgIpc) is 2.90. The van der Waals surface area contributed by atoms with Gasteiger partial charge in [0.15, 0.2) is 6.10 Å². The van der Waals surface area contributed by atoms with Gasteiger partial charge in [0, 0.05) is 11.3 Å². The molecule has 4 rings (SSSR count). The molecular weight excluding hydrogens is 376 g/mol. The summed E-state index contributed by atoms with van der Waals surface area (Å²) in [5, 5.41) is 2.95. The van der Waals surface area contributed by atoms with Crippen LogP contribution in [0.1, 0.15) is 29.7 Å². The lowest BCUT2D eigenvalue weighted by molar-refractivity contribution is -0.142. The number of para-hydroxylation sites is 1. The number of rotatable bonds is 4. The number of carbonyl (C=O) groups is 2. The summed E-state index contributed by atoms with van der Waals surface area (Å²) in [4.78, 5) is 27.8. The van der Waals surface area contributed by atoms with Crippen molar-refractivity contribution in [1.29, 1.82) is 0 Å². The lowest BCUT2D eigenvalue weighted by Crippen LogP contribution is -2.45. The summed E-state index contributed by atoms with van der Waals surface area (Å²) in [5.74, 6) is 0.154. The number of benzene rings is 3. The van der Waals surface area contributed by atoms with Crippen LogP contribution < -0.4 is 10.1 Å². The summed E-state index contributed by atoms with van der Waals surface area (Å²) < 4.78 is 5.88. The number of ether oxygens (including phenoxy) is 1. The van der Waals surface area contributed by atoms with E-state index in [1.165, 1.54) is 0 Å². The predicted octanol–water partition coefficient (Wildman–Crippen LogP) is 4.33. The molecule has 152 valence electrons. The molecule has 1 aliphatic heterocycles. The van der Waals surface area contributed by atoms with Gasteiger partial charge in [-0.2, -0.15) is 0 Å². The summed E-state index contributed by atoms with van der Waals surface area (Å²) in [7, 11) is 0. The van der Waals surface area contributed by atoms with Crippen molar-refractivity contribution in [2.24, 2.45) is 0 Å². The third kappa shape index (κ3) is 4.06. The van der Waals surface area contributed by atoms with Crippen molar-refractivity contribution in [3.05, 3.63) is 95.6 Å². The van der Waals surface area contributed by atoms with Crippen LogP contribution in [0.15, 0.2) is 78.9 Å². The second-order valence-corrected chi connectivity index (χ2v) is 7.49. The summed E-state index contributed by atoms with van der Waals surface area (Å²) >= 11 is 0. The van der Waals surface area contributed by atoms with Gasteiger partial charge in [-0.15, -0.1) is 0 Å². The molecule has 2 unspecified atom stereocenters. The molecule has 5 heteroatoms. The number of hydrogen-bond acceptors (Lipinski definition) is 3. The average molecular weight is 400 g/mol. The highest BCUT2D eigenvalue weighted by Gasteiger charge is 2.36. The number of amides is 2. The Kier molecular flexibility index (Phi) is 5.53. The Morgan fingerprint density at radius 1 is 1.03 bits per heavy atom. The van der Waals surface area contributed by atoms with Gasteiger partial charge >= 0.3 is 0 Å². The highest BCUT2D eigenvalue weighted by Crippen LogP contribution is 2.36. The number of anilines is 1. The maximum absolute atomic E-state index is 13.5. The largest absolute Gasteiger partial charge is 0.481 e. The lowest BCUT2D eigenvalue weighted by atomic mass is 9.94. The monoisotopic (exact) mass is 400 g/mol. The van der Waals surface area contributed by atoms with E-state index >= 15 is 0 Å². The number of nitrogens with zero attached hydrogens (tertiary/aromatic N) is 1. The predicted molar refractivity (Wildman–Crippen MR) is 116 cm³/mol. The van der Waals surface area contributed by atoms with Gasteiger partial charge in [-0.3, -0.25) is 9.59 Å². The Morgan fingerprint density at radius 3 is 2.40 bits per heavy atom. The van der Waals surface area contributed by atoms with Crippen LogP contribution in [0.3, 0.4) is 0 Å². The summed E-state index contributed by atoms with van der Waals surface area (Å²) in [6.45, 7) is 3.67. The fourth-order valence-electron chi connectivity index (χ4n) is 3.81. The first kappa shape index (κ1) is 19.7. The van der Waals surface area contributed by atoms with Crippen molar-refractivity contribution in [2.75, 3.05) is 11.9 Å². The molecule has 5 nitrogen and oxygen atoms in total. The van der Waals surface area contributed by atoms with Gasteiger partial charge in [-0.25, -0.2) is 0 Å². The first-order valence-corrected chi connectivity index (χ1v) is 10.0. The van der Waals surface area contributed by atoms with Crippen LogP contribution in [0.2, 0.25) is 0 Å². The molecule has 2 atom stereocenters. The Bertz CT molecular complexity index is 1050. The molecule has 0 saturated heterocycles. The molecule has 0 saturated carbocycles. The van der Waals surface area contributed by atoms with Crippen LogP contribution in [-0.2, 0) is 9.59 Å². The van der Waals surface area contributed by atoms with E-state index in [1.807, 2.05) is 85.8 Å². The van der Waals surface area contributed by atoms with Crippen molar-refractivity contribution < 1.29 is 14.3 Å². The van der Waals surface area contributed by atoms with Crippen LogP contribution in [0.5, 0.6) is 5.75 Å². The molecule has 3 aromatic carbocycles. The maximum Gasteiger partial charge on any atom is 0.264 e. The van der Waals surface area contributed by atoms with Gasteiger partial charge in [0.1, 0.15) is 12.3 Å². The quantitative estimate of drug-likeness (QED) is 0.709. The zero-order chi connectivity index (χ0) is 21.1. The SMILES string of the molecule is Cc1ccc2c(c1)C(c1ccccc1)N(C(=O)C(C)Oc1ccccc1)CC(=O)N2. The minimum absolute atomic E-state index is 0.0470. The number of nitrogens with one attached hydrogen (secondary N) is 1. The Labute approximate surface area is 176 Å². The van der Waals surface area contributed by atoms with Gasteiger partial charge < -0.3 is 15.0 Å². The van der Waals surface area contributed by atoms with E-state index in [9.17, 15) is 9.59 Å². The Morgan fingerprint density at radius 2 is 1.70 bits per heavy atom. The molecular formula is C25H24N2O3. The van der Waals surface area contributed by atoms with Gasteiger partial charge in [0.05, 0.1) is 6.04 Å². The normalized spacial score (nSPS) is 16.8. The van der Waals surface area contributed by atoms with Gasteiger partial charge in [-0.1, -0.05) is 66.2 Å². The fraction of sp³-hybridized carbons (Fsp3) is 0.200. The topological polar surface area (TPSA) is 58.6 Å². The standard InChI is InChI=1S/C25H24N2O3/c1-17-13-14-22-21(15-17)24(19-9-5-3-6-10-19)27(16-23(28)26-22)25(29)18(2)30-20-11-7-4-8-12-20/h3-15,18,24H,16H2,1-2H3,(H,26,28). The number of carbonyl (C=O) groups excluding carboxylic acids is 2. The summed E-state index contributed by atoms with van der Waals surface area (Å²) in [6, 6.07) is 24.5. The zero-order valence-electron chi connectivity index (χ0n) is 17.0. The van der Waals surface area contributed by atoms with Crippen LogP contribution >= 0.6 is 0 Å². The van der Waals surface area contributed by atoms with E-state index in [0.29, 0.717) is 5.75 Å². The molecule has 3 aromatic rings. The Hall–Kier alpha value is -3.60. The minimum Gasteiger partial charge on any atom is -0.481 e. The molecule has 1 N–H and O–H groups in total. The molecule has 0 spiro atoms. The third-order valence-electron chi connectivity index (χ3n) is 5.20. The molecule has 0 aliphatic carbocycles. The second-order valence-electron chi connectivity index (χ2n) is 7.49. The molecule has 0 radical (unpaired) electrons. The van der Waals surface area contributed by atoms with Crippen molar-refractivity contribution in [1.82, 2.24) is 4.90 Å². The van der Waals surface area contributed by atoms with E-state index in [-0.39, 0.29) is 18.4 Å². The molecule has 1 aliphatic rings. The smallest absolute Gasteiger partial charge is 0.264 e. The van der Waals surface area contributed by atoms with Crippen molar-refractivity contribution in [2.45, 2.75) is 26.0 Å². The summed E-state index contributed by atoms with van der Waals surface area (Å²) in [5.41, 5.74) is 3.63. The van der Waals surface area contributed by atoms with E-state index in [0.717, 1.165) is 22.4 Å². The highest BCUT2D eigenvalue weighted by atomic mass is 16.5. The first-order chi connectivity index (χ1) is 14.5. The minimum atomic E-state index is -0.738. The fourth-order valence-corrected chi connectivity index (χ4v) is 3.81. The van der Waals surface area contributed by atoms with E-state index in [1.54, 1.807) is 11.8 Å². The van der Waals surface area contributed by atoms with Gasteiger partial charge in [0.25, 0.3) is 5.91 Å². The van der Waals surface area contributed by atoms with Crippen molar-refractivity contribution in [3.63, 3.8) is 0 Å². The van der Waals surface area contributed by atoms with E-state index < -0.39 is 12.1 Å². The van der Waals surface area contributed by atoms with Crippen LogP contribution in [-0.4, -0.2) is 29.4 Å². The molecule has 1 heterocycles. The van der Waals surface area contributed by atoms with Gasteiger partial charge in [0.2, 0.25) is 5.91 Å². The molecule has 0 bridgehead atoms.